The van der Waals surface area contributed by atoms with Crippen molar-refractivity contribution in [2.75, 3.05) is 17.9 Å². The van der Waals surface area contributed by atoms with Crippen LogP contribution in [0.5, 0.6) is 11.6 Å². The van der Waals surface area contributed by atoms with Gasteiger partial charge in [-0.3, -0.25) is 4.72 Å². The lowest BCUT2D eigenvalue weighted by molar-refractivity contribution is -0.274. The summed E-state index contributed by atoms with van der Waals surface area (Å²) in [4.78, 5) is 3.85. The van der Waals surface area contributed by atoms with Crippen molar-refractivity contribution >= 4 is 15.7 Å². The number of sulfonamides is 1. The second-order valence-corrected chi connectivity index (χ2v) is 8.10. The lowest BCUT2D eigenvalue weighted by Crippen LogP contribution is -2.27. The van der Waals surface area contributed by atoms with Crippen molar-refractivity contribution in [3.05, 3.63) is 42.1 Å². The molecule has 0 aliphatic rings. The number of alkyl halides is 3. The molecule has 0 atom stereocenters. The first kappa shape index (κ1) is 22.8. The first-order valence-electron chi connectivity index (χ1n) is 8.68. The Labute approximate surface area is 167 Å². The fourth-order valence-corrected chi connectivity index (χ4v) is 3.36. The van der Waals surface area contributed by atoms with Crippen LogP contribution in [-0.2, 0) is 10.0 Å². The van der Waals surface area contributed by atoms with Crippen molar-refractivity contribution in [2.24, 2.45) is 0 Å². The third-order valence-corrected chi connectivity index (χ3v) is 4.98. The summed E-state index contributed by atoms with van der Waals surface area (Å²) in [5.41, 5.74) is 0.806. The van der Waals surface area contributed by atoms with Crippen LogP contribution in [0.25, 0.3) is 0 Å². The van der Waals surface area contributed by atoms with Gasteiger partial charge in [0, 0.05) is 18.7 Å². The van der Waals surface area contributed by atoms with Crippen LogP contribution >= 0.6 is 0 Å². The van der Waals surface area contributed by atoms with Crippen LogP contribution in [0.4, 0.5) is 18.9 Å². The SMILES string of the molecule is Cc1cc(OCCNC(C)C)ncc1NS(=O)(=O)c1ccc(OC(F)(F)F)cc1. The average Bonchev–Trinajstić information content (AvgIpc) is 2.60. The maximum absolute atomic E-state index is 12.5. The smallest absolute Gasteiger partial charge is 0.476 e. The Morgan fingerprint density at radius 3 is 2.38 bits per heavy atom. The van der Waals surface area contributed by atoms with E-state index in [9.17, 15) is 21.6 Å². The normalized spacial score (nSPS) is 12.1. The number of anilines is 1. The minimum absolute atomic E-state index is 0.216. The highest BCUT2D eigenvalue weighted by Gasteiger charge is 2.31. The number of rotatable bonds is 9. The van der Waals surface area contributed by atoms with E-state index in [4.69, 9.17) is 4.74 Å². The van der Waals surface area contributed by atoms with Crippen molar-refractivity contribution in [3.63, 3.8) is 0 Å². The number of pyridine rings is 1. The predicted molar refractivity (Wildman–Crippen MR) is 102 cm³/mol. The standard InChI is InChI=1S/C18H22F3N3O4S/c1-12(2)22-8-9-27-17-10-13(3)16(11-23-17)24-29(25,26)15-6-4-14(5-7-15)28-18(19,20)21/h4-7,10-12,22,24H,8-9H2,1-3H3. The molecular formula is C18H22F3N3O4S. The molecule has 29 heavy (non-hydrogen) atoms. The van der Waals surface area contributed by atoms with Crippen molar-refractivity contribution in [1.82, 2.24) is 10.3 Å². The molecule has 0 unspecified atom stereocenters. The minimum Gasteiger partial charge on any atom is -0.476 e. The summed E-state index contributed by atoms with van der Waals surface area (Å²) in [5, 5.41) is 3.19. The Bertz CT molecular complexity index is 917. The number of aromatic nitrogens is 1. The summed E-state index contributed by atoms with van der Waals surface area (Å²) in [7, 11) is -4.02. The number of benzene rings is 1. The molecule has 1 heterocycles. The third kappa shape index (κ3) is 7.42. The second kappa shape index (κ2) is 9.31. The molecule has 2 N–H and O–H groups in total. The number of hydrogen-bond donors (Lipinski definition) is 2. The van der Waals surface area contributed by atoms with E-state index in [1.165, 1.54) is 6.20 Å². The highest BCUT2D eigenvalue weighted by molar-refractivity contribution is 7.92. The minimum atomic E-state index is -4.85. The van der Waals surface area contributed by atoms with E-state index in [1.807, 2.05) is 13.8 Å². The molecule has 0 amide bonds. The summed E-state index contributed by atoms with van der Waals surface area (Å²) < 4.78 is 73.1. The molecule has 0 aliphatic carbocycles. The Kier molecular flexibility index (Phi) is 7.31. The zero-order valence-electron chi connectivity index (χ0n) is 16.1. The highest BCUT2D eigenvalue weighted by Crippen LogP contribution is 2.26. The molecule has 0 saturated carbocycles. The predicted octanol–water partition coefficient (Wildman–Crippen LogP) is 3.47. The number of hydrogen-bond acceptors (Lipinski definition) is 6. The van der Waals surface area contributed by atoms with Crippen molar-refractivity contribution in [2.45, 2.75) is 38.1 Å². The van der Waals surface area contributed by atoms with Crippen LogP contribution in [0, 0.1) is 6.92 Å². The lowest BCUT2D eigenvalue weighted by atomic mass is 10.2. The van der Waals surface area contributed by atoms with E-state index in [1.54, 1.807) is 13.0 Å². The van der Waals surface area contributed by atoms with Crippen LogP contribution in [-0.4, -0.2) is 39.0 Å². The van der Waals surface area contributed by atoms with E-state index in [2.05, 4.69) is 19.8 Å². The van der Waals surface area contributed by atoms with Gasteiger partial charge in [-0.15, -0.1) is 13.2 Å². The van der Waals surface area contributed by atoms with Crippen molar-refractivity contribution < 1.29 is 31.1 Å². The maximum atomic E-state index is 12.5. The highest BCUT2D eigenvalue weighted by atomic mass is 32.2. The zero-order chi connectivity index (χ0) is 21.7. The molecule has 7 nitrogen and oxygen atoms in total. The van der Waals surface area contributed by atoms with Gasteiger partial charge in [0.05, 0.1) is 16.8 Å². The molecule has 0 aliphatic heterocycles. The summed E-state index contributed by atoms with van der Waals surface area (Å²) in [6.07, 6.45) is -3.53. The largest absolute Gasteiger partial charge is 0.573 e. The van der Waals surface area contributed by atoms with Crippen LogP contribution in [0.3, 0.4) is 0 Å². The van der Waals surface area contributed by atoms with Crippen LogP contribution in [0.2, 0.25) is 0 Å². The van der Waals surface area contributed by atoms with Crippen molar-refractivity contribution in [1.29, 1.82) is 0 Å². The molecular weight excluding hydrogens is 411 g/mol. The van der Waals surface area contributed by atoms with Crippen LogP contribution in [0.15, 0.2) is 41.4 Å². The van der Waals surface area contributed by atoms with Gasteiger partial charge in [-0.1, -0.05) is 13.8 Å². The van der Waals surface area contributed by atoms with Gasteiger partial charge in [0.1, 0.15) is 12.4 Å². The van der Waals surface area contributed by atoms with E-state index in [-0.39, 0.29) is 10.6 Å². The van der Waals surface area contributed by atoms with E-state index in [0.29, 0.717) is 30.6 Å². The number of halogens is 3. The average molecular weight is 433 g/mol. The molecule has 160 valence electrons. The number of ether oxygens (including phenoxy) is 2. The Hall–Kier alpha value is -2.53. The second-order valence-electron chi connectivity index (χ2n) is 6.42. The molecule has 0 spiro atoms. The quantitative estimate of drug-likeness (QED) is 0.589. The summed E-state index contributed by atoms with van der Waals surface area (Å²) in [6.45, 7) is 6.75. The first-order chi connectivity index (χ1) is 13.5. The molecule has 0 fully saturated rings. The monoisotopic (exact) mass is 433 g/mol. The number of nitrogens with one attached hydrogen (secondary N) is 2. The van der Waals surface area contributed by atoms with E-state index in [0.717, 1.165) is 24.3 Å². The van der Waals surface area contributed by atoms with Gasteiger partial charge in [0.2, 0.25) is 5.88 Å². The Balaban J connectivity index is 2.04. The van der Waals surface area contributed by atoms with Gasteiger partial charge in [-0.2, -0.15) is 0 Å². The van der Waals surface area contributed by atoms with Gasteiger partial charge in [0.25, 0.3) is 10.0 Å². The van der Waals surface area contributed by atoms with Gasteiger partial charge in [0.15, 0.2) is 0 Å². The fourth-order valence-electron chi connectivity index (χ4n) is 2.24. The molecule has 1 aromatic heterocycles. The molecule has 0 saturated heterocycles. The molecule has 2 rings (SSSR count). The van der Waals surface area contributed by atoms with E-state index < -0.39 is 22.1 Å². The summed E-state index contributed by atoms with van der Waals surface area (Å²) in [5.74, 6) is -0.160. The Morgan fingerprint density at radius 1 is 1.17 bits per heavy atom. The molecule has 0 radical (unpaired) electrons. The zero-order valence-corrected chi connectivity index (χ0v) is 16.9. The Morgan fingerprint density at radius 2 is 1.83 bits per heavy atom. The maximum Gasteiger partial charge on any atom is 0.573 e. The molecule has 0 bridgehead atoms. The topological polar surface area (TPSA) is 89.5 Å². The van der Waals surface area contributed by atoms with E-state index >= 15 is 0 Å². The van der Waals surface area contributed by atoms with Crippen LogP contribution in [0.1, 0.15) is 19.4 Å². The van der Waals surface area contributed by atoms with Gasteiger partial charge in [-0.05, 0) is 36.8 Å². The molecule has 1 aromatic carbocycles. The summed E-state index contributed by atoms with van der Waals surface area (Å²) >= 11 is 0. The molecule has 2 aromatic rings. The fraction of sp³-hybridized carbons (Fsp3) is 0.389. The third-order valence-electron chi connectivity index (χ3n) is 3.60. The van der Waals surface area contributed by atoms with Crippen LogP contribution < -0.4 is 19.5 Å². The van der Waals surface area contributed by atoms with Crippen molar-refractivity contribution in [3.8, 4) is 11.6 Å². The molecule has 11 heteroatoms. The van der Waals surface area contributed by atoms with Gasteiger partial charge < -0.3 is 14.8 Å². The number of nitrogens with zero attached hydrogens (tertiary/aromatic N) is 1. The lowest BCUT2D eigenvalue weighted by Gasteiger charge is -2.13. The van der Waals surface area contributed by atoms with Gasteiger partial charge >= 0.3 is 6.36 Å². The first-order valence-corrected chi connectivity index (χ1v) is 10.2. The van der Waals surface area contributed by atoms with Gasteiger partial charge in [-0.25, -0.2) is 13.4 Å². The number of aryl methyl sites for hydroxylation is 1. The summed E-state index contributed by atoms with van der Waals surface area (Å²) in [6, 6.07) is 5.81.